The van der Waals surface area contributed by atoms with Crippen LogP contribution in [0, 0.1) is 0 Å². The van der Waals surface area contributed by atoms with Gasteiger partial charge in [-0.2, -0.15) is 0 Å². The van der Waals surface area contributed by atoms with Gasteiger partial charge in [0.25, 0.3) is 0 Å². The van der Waals surface area contributed by atoms with E-state index in [1.165, 1.54) is 0 Å². The predicted octanol–water partition coefficient (Wildman–Crippen LogP) is 2.28. The average molecular weight is 238 g/mol. The summed E-state index contributed by atoms with van der Waals surface area (Å²) in [7, 11) is 0. The number of hydrazine groups is 1. The average Bonchev–Trinajstić information content (AvgIpc) is 2.16. The third kappa shape index (κ3) is 1.64. The molecule has 0 aliphatic carbocycles. The maximum absolute atomic E-state index is 5.25. The molecule has 1 aromatic heterocycles. The van der Waals surface area contributed by atoms with Gasteiger partial charge in [0.05, 0.1) is 0 Å². The minimum absolute atomic E-state index is 0.672. The van der Waals surface area contributed by atoms with Crippen molar-refractivity contribution in [1.82, 2.24) is 4.98 Å². The molecule has 1 aromatic carbocycles. The van der Waals surface area contributed by atoms with Gasteiger partial charge in [-0.3, -0.25) is 0 Å². The van der Waals surface area contributed by atoms with E-state index in [1.54, 1.807) is 6.20 Å². The second kappa shape index (κ2) is 3.32. The van der Waals surface area contributed by atoms with Crippen molar-refractivity contribution in [3.8, 4) is 0 Å². The van der Waals surface area contributed by atoms with E-state index < -0.39 is 0 Å². The molecular formula is C9H8BrN3. The zero-order valence-corrected chi connectivity index (χ0v) is 8.38. The van der Waals surface area contributed by atoms with Crippen LogP contribution in [0.1, 0.15) is 0 Å². The fourth-order valence-corrected chi connectivity index (χ4v) is 1.57. The standard InChI is InChI=1S/C9H8BrN3/c10-8-2-1-6-5-12-9(13-11)4-7(6)3-8/h1-5H,11H2,(H,12,13). The molecule has 3 N–H and O–H groups in total. The maximum Gasteiger partial charge on any atom is 0.140 e. The lowest BCUT2D eigenvalue weighted by Crippen LogP contribution is -2.07. The van der Waals surface area contributed by atoms with Crippen molar-refractivity contribution >= 4 is 32.5 Å². The van der Waals surface area contributed by atoms with E-state index in [-0.39, 0.29) is 0 Å². The summed E-state index contributed by atoms with van der Waals surface area (Å²) in [5, 5.41) is 2.21. The van der Waals surface area contributed by atoms with Crippen LogP contribution in [-0.4, -0.2) is 4.98 Å². The quantitative estimate of drug-likeness (QED) is 0.591. The Balaban J connectivity index is 2.68. The Labute approximate surface area is 84.1 Å². The van der Waals surface area contributed by atoms with Gasteiger partial charge in [-0.1, -0.05) is 22.0 Å². The van der Waals surface area contributed by atoms with Crippen LogP contribution in [-0.2, 0) is 0 Å². The monoisotopic (exact) mass is 237 g/mol. The van der Waals surface area contributed by atoms with E-state index in [9.17, 15) is 0 Å². The molecule has 66 valence electrons. The van der Waals surface area contributed by atoms with Crippen LogP contribution in [0.5, 0.6) is 0 Å². The summed E-state index contributed by atoms with van der Waals surface area (Å²) in [4.78, 5) is 4.10. The zero-order valence-electron chi connectivity index (χ0n) is 6.79. The number of fused-ring (bicyclic) bond motifs is 1. The molecule has 0 radical (unpaired) electrons. The lowest BCUT2D eigenvalue weighted by atomic mass is 10.2. The first-order chi connectivity index (χ1) is 6.29. The third-order valence-corrected chi connectivity index (χ3v) is 2.32. The highest BCUT2D eigenvalue weighted by atomic mass is 79.9. The van der Waals surface area contributed by atoms with Crippen LogP contribution in [0.2, 0.25) is 0 Å². The fraction of sp³-hybridized carbons (Fsp3) is 0. The molecule has 0 bridgehead atoms. The lowest BCUT2D eigenvalue weighted by Gasteiger charge is -2.01. The topological polar surface area (TPSA) is 50.9 Å². The molecule has 0 unspecified atom stereocenters. The highest BCUT2D eigenvalue weighted by molar-refractivity contribution is 9.10. The molecule has 0 atom stereocenters. The molecular weight excluding hydrogens is 230 g/mol. The molecule has 4 heteroatoms. The van der Waals surface area contributed by atoms with Gasteiger partial charge in [0.2, 0.25) is 0 Å². The number of hydrogen-bond donors (Lipinski definition) is 2. The summed E-state index contributed by atoms with van der Waals surface area (Å²) in [6.07, 6.45) is 1.79. The highest BCUT2D eigenvalue weighted by Crippen LogP contribution is 2.20. The number of hydrogen-bond acceptors (Lipinski definition) is 3. The van der Waals surface area contributed by atoms with Crippen LogP contribution in [0.25, 0.3) is 10.8 Å². The maximum atomic E-state index is 5.25. The van der Waals surface area contributed by atoms with Gasteiger partial charge in [0.1, 0.15) is 5.82 Å². The van der Waals surface area contributed by atoms with Crippen LogP contribution in [0.3, 0.4) is 0 Å². The van der Waals surface area contributed by atoms with Crippen LogP contribution >= 0.6 is 15.9 Å². The first-order valence-electron chi connectivity index (χ1n) is 3.81. The van der Waals surface area contributed by atoms with E-state index in [0.717, 1.165) is 15.2 Å². The van der Waals surface area contributed by atoms with Gasteiger partial charge in [-0.25, -0.2) is 10.8 Å². The number of nitrogens with one attached hydrogen (secondary N) is 1. The van der Waals surface area contributed by atoms with Gasteiger partial charge in [0.15, 0.2) is 0 Å². The van der Waals surface area contributed by atoms with Gasteiger partial charge in [-0.05, 0) is 23.6 Å². The van der Waals surface area contributed by atoms with Crippen molar-refractivity contribution in [2.24, 2.45) is 5.84 Å². The van der Waals surface area contributed by atoms with Crippen LogP contribution in [0.15, 0.2) is 34.9 Å². The number of rotatable bonds is 1. The first-order valence-corrected chi connectivity index (χ1v) is 4.61. The van der Waals surface area contributed by atoms with Crippen molar-refractivity contribution in [3.63, 3.8) is 0 Å². The minimum atomic E-state index is 0.672. The summed E-state index contributed by atoms with van der Waals surface area (Å²) >= 11 is 3.41. The Morgan fingerprint density at radius 1 is 1.23 bits per heavy atom. The fourth-order valence-electron chi connectivity index (χ4n) is 1.19. The Morgan fingerprint density at radius 3 is 2.85 bits per heavy atom. The number of anilines is 1. The molecule has 0 aliphatic rings. The molecule has 0 fully saturated rings. The van der Waals surface area contributed by atoms with E-state index in [0.29, 0.717) is 5.82 Å². The molecule has 0 saturated carbocycles. The van der Waals surface area contributed by atoms with Crippen molar-refractivity contribution in [2.45, 2.75) is 0 Å². The Kier molecular flexibility index (Phi) is 2.16. The van der Waals surface area contributed by atoms with Gasteiger partial charge in [-0.15, -0.1) is 0 Å². The summed E-state index contributed by atoms with van der Waals surface area (Å²) in [6.45, 7) is 0. The number of halogens is 1. The van der Waals surface area contributed by atoms with E-state index in [1.807, 2.05) is 24.3 Å². The number of nitrogens with zero attached hydrogens (tertiary/aromatic N) is 1. The largest absolute Gasteiger partial charge is 0.308 e. The van der Waals surface area contributed by atoms with Crippen LogP contribution in [0.4, 0.5) is 5.82 Å². The molecule has 2 aromatic rings. The molecule has 2 rings (SSSR count). The van der Waals surface area contributed by atoms with Gasteiger partial charge in [0, 0.05) is 16.1 Å². The predicted molar refractivity (Wildman–Crippen MR) is 57.3 cm³/mol. The summed E-state index contributed by atoms with van der Waals surface area (Å²) in [5.74, 6) is 5.93. The number of nitrogens with two attached hydrogens (primary N) is 1. The molecule has 3 nitrogen and oxygen atoms in total. The highest BCUT2D eigenvalue weighted by Gasteiger charge is 1.96. The van der Waals surface area contributed by atoms with Crippen molar-refractivity contribution in [3.05, 3.63) is 34.9 Å². The van der Waals surface area contributed by atoms with E-state index in [2.05, 4.69) is 26.3 Å². The van der Waals surface area contributed by atoms with Crippen molar-refractivity contribution in [2.75, 3.05) is 5.43 Å². The molecule has 0 amide bonds. The normalized spacial score (nSPS) is 10.3. The second-order valence-corrected chi connectivity index (χ2v) is 3.62. The number of nitrogen functional groups attached to an aromatic ring is 1. The Morgan fingerprint density at radius 2 is 2.08 bits per heavy atom. The SMILES string of the molecule is NNc1cc2cc(Br)ccc2cn1. The van der Waals surface area contributed by atoms with Crippen molar-refractivity contribution in [1.29, 1.82) is 0 Å². The molecule has 0 saturated heterocycles. The molecule has 1 heterocycles. The Hall–Kier alpha value is -1.13. The minimum Gasteiger partial charge on any atom is -0.308 e. The van der Waals surface area contributed by atoms with Gasteiger partial charge < -0.3 is 5.43 Å². The number of benzene rings is 1. The summed E-state index contributed by atoms with van der Waals surface area (Å²) < 4.78 is 1.05. The molecule has 0 spiro atoms. The van der Waals surface area contributed by atoms with Gasteiger partial charge >= 0.3 is 0 Å². The molecule has 0 aliphatic heterocycles. The summed E-state index contributed by atoms with van der Waals surface area (Å²) in [6, 6.07) is 7.92. The molecule has 13 heavy (non-hydrogen) atoms. The van der Waals surface area contributed by atoms with Crippen LogP contribution < -0.4 is 11.3 Å². The lowest BCUT2D eigenvalue weighted by molar-refractivity contribution is 1.24. The first kappa shape index (κ1) is 8.47. The number of aromatic nitrogens is 1. The smallest absolute Gasteiger partial charge is 0.140 e. The van der Waals surface area contributed by atoms with Crippen molar-refractivity contribution < 1.29 is 0 Å². The second-order valence-electron chi connectivity index (χ2n) is 2.71. The van der Waals surface area contributed by atoms with E-state index in [4.69, 9.17) is 5.84 Å². The summed E-state index contributed by atoms with van der Waals surface area (Å²) in [5.41, 5.74) is 2.51. The third-order valence-electron chi connectivity index (χ3n) is 1.83. The zero-order chi connectivity index (χ0) is 9.26. The number of pyridine rings is 1. The van der Waals surface area contributed by atoms with E-state index >= 15 is 0 Å². The Bertz CT molecular complexity index is 442.